The molecule has 2 aromatic heterocycles. The first-order chi connectivity index (χ1) is 11.7. The van der Waals surface area contributed by atoms with E-state index < -0.39 is 5.54 Å². The summed E-state index contributed by atoms with van der Waals surface area (Å²) < 4.78 is 21.3. The second-order valence-corrected chi connectivity index (χ2v) is 6.12. The molecule has 0 aliphatic carbocycles. The largest absolute Gasteiger partial charge is 0.336 e. The van der Waals surface area contributed by atoms with E-state index in [0.29, 0.717) is 22.8 Å². The van der Waals surface area contributed by atoms with Crippen molar-refractivity contribution >= 4 is 0 Å². The quantitative estimate of drug-likeness (QED) is 0.800. The number of nitrogens with one attached hydrogen (secondary N) is 1. The Morgan fingerprint density at radius 3 is 2.83 bits per heavy atom. The second kappa shape index (κ2) is 5.83. The second-order valence-electron chi connectivity index (χ2n) is 6.12. The lowest BCUT2D eigenvalue weighted by Crippen LogP contribution is -2.45. The van der Waals surface area contributed by atoms with Crippen molar-refractivity contribution in [2.75, 3.05) is 13.1 Å². The van der Waals surface area contributed by atoms with Crippen molar-refractivity contribution in [2.24, 2.45) is 0 Å². The Morgan fingerprint density at radius 2 is 2.12 bits per heavy atom. The zero-order chi connectivity index (χ0) is 16.6. The highest BCUT2D eigenvalue weighted by Gasteiger charge is 2.41. The molecule has 1 fully saturated rings. The minimum absolute atomic E-state index is 0.275. The van der Waals surface area contributed by atoms with Gasteiger partial charge in [0.25, 0.3) is 5.89 Å². The molecule has 0 bridgehead atoms. The summed E-state index contributed by atoms with van der Waals surface area (Å²) in [6.45, 7) is 3.41. The number of halogens is 1. The fourth-order valence-corrected chi connectivity index (χ4v) is 3.17. The van der Waals surface area contributed by atoms with Crippen molar-refractivity contribution < 1.29 is 8.91 Å². The van der Waals surface area contributed by atoms with Gasteiger partial charge in [-0.1, -0.05) is 17.3 Å². The molecule has 4 rings (SSSR count). The van der Waals surface area contributed by atoms with Crippen molar-refractivity contribution in [1.29, 1.82) is 0 Å². The summed E-state index contributed by atoms with van der Waals surface area (Å²) in [6, 6.07) is 6.84. The molecule has 6 nitrogen and oxygen atoms in total. The van der Waals surface area contributed by atoms with Crippen LogP contribution in [-0.4, -0.2) is 33.0 Å². The predicted octanol–water partition coefficient (Wildman–Crippen LogP) is 2.51. The van der Waals surface area contributed by atoms with Gasteiger partial charge in [0, 0.05) is 18.0 Å². The average Bonchev–Trinajstić information content (AvgIpc) is 3.30. The minimum Gasteiger partial charge on any atom is -0.336 e. The molecular weight excluding hydrogens is 309 g/mol. The van der Waals surface area contributed by atoms with Gasteiger partial charge >= 0.3 is 0 Å². The molecule has 1 aliphatic heterocycles. The van der Waals surface area contributed by atoms with E-state index >= 15 is 0 Å². The van der Waals surface area contributed by atoms with Gasteiger partial charge in [-0.25, -0.2) is 4.39 Å². The first-order valence-corrected chi connectivity index (χ1v) is 8.01. The first-order valence-electron chi connectivity index (χ1n) is 8.01. The van der Waals surface area contributed by atoms with Crippen LogP contribution < -0.4 is 5.32 Å². The maximum atomic E-state index is 13.8. The van der Waals surface area contributed by atoms with Gasteiger partial charge in [0.05, 0.1) is 0 Å². The summed E-state index contributed by atoms with van der Waals surface area (Å²) in [6.07, 6.45) is 5.27. The molecule has 0 amide bonds. The number of aryl methyl sites for hydroxylation is 1. The molecule has 0 spiro atoms. The monoisotopic (exact) mass is 327 g/mol. The SMILES string of the molecule is Cc1ccc(-c2noc(C3(n4cccn4)CCNCC3)n2)cc1F. The van der Waals surface area contributed by atoms with E-state index in [1.54, 1.807) is 25.3 Å². The molecule has 0 radical (unpaired) electrons. The molecule has 0 unspecified atom stereocenters. The Kier molecular flexibility index (Phi) is 3.65. The maximum absolute atomic E-state index is 13.8. The fraction of sp³-hybridized carbons (Fsp3) is 0.353. The third-order valence-electron chi connectivity index (χ3n) is 4.63. The number of nitrogens with zero attached hydrogens (tertiary/aromatic N) is 4. The van der Waals surface area contributed by atoms with Crippen LogP contribution in [0.1, 0.15) is 24.3 Å². The number of piperidine rings is 1. The van der Waals surface area contributed by atoms with E-state index in [1.807, 2.05) is 16.9 Å². The van der Waals surface area contributed by atoms with E-state index in [-0.39, 0.29) is 5.82 Å². The summed E-state index contributed by atoms with van der Waals surface area (Å²) >= 11 is 0. The molecule has 3 heterocycles. The van der Waals surface area contributed by atoms with Crippen molar-refractivity contribution in [3.05, 3.63) is 53.9 Å². The summed E-state index contributed by atoms with van der Waals surface area (Å²) in [5.41, 5.74) is 0.745. The molecule has 1 N–H and O–H groups in total. The van der Waals surface area contributed by atoms with Crippen LogP contribution in [0.5, 0.6) is 0 Å². The third-order valence-corrected chi connectivity index (χ3v) is 4.63. The van der Waals surface area contributed by atoms with Gasteiger partial charge in [-0.3, -0.25) is 4.68 Å². The van der Waals surface area contributed by atoms with Crippen LogP contribution >= 0.6 is 0 Å². The number of benzene rings is 1. The van der Waals surface area contributed by atoms with E-state index in [2.05, 4.69) is 20.6 Å². The smallest absolute Gasteiger partial charge is 0.255 e. The Hall–Kier alpha value is -2.54. The van der Waals surface area contributed by atoms with Crippen molar-refractivity contribution in [1.82, 2.24) is 25.2 Å². The van der Waals surface area contributed by atoms with Crippen LogP contribution in [-0.2, 0) is 5.54 Å². The zero-order valence-corrected chi connectivity index (χ0v) is 13.4. The Morgan fingerprint density at radius 1 is 1.29 bits per heavy atom. The van der Waals surface area contributed by atoms with Gasteiger partial charge < -0.3 is 9.84 Å². The van der Waals surface area contributed by atoms with Crippen LogP contribution in [0.4, 0.5) is 4.39 Å². The van der Waals surface area contributed by atoms with Crippen molar-refractivity contribution in [2.45, 2.75) is 25.3 Å². The van der Waals surface area contributed by atoms with Gasteiger partial charge in [-0.05, 0) is 50.6 Å². The molecule has 0 atom stereocenters. The molecule has 7 heteroatoms. The number of rotatable bonds is 3. The number of hydrogen-bond acceptors (Lipinski definition) is 5. The predicted molar refractivity (Wildman–Crippen MR) is 85.8 cm³/mol. The molecule has 24 heavy (non-hydrogen) atoms. The van der Waals surface area contributed by atoms with E-state index in [4.69, 9.17) is 4.52 Å². The lowest BCUT2D eigenvalue weighted by molar-refractivity contribution is 0.172. The van der Waals surface area contributed by atoms with Crippen LogP contribution in [0.25, 0.3) is 11.4 Å². The topological polar surface area (TPSA) is 68.8 Å². The molecule has 0 saturated carbocycles. The lowest BCUT2D eigenvalue weighted by atomic mass is 9.88. The summed E-state index contributed by atoms with van der Waals surface area (Å²) in [7, 11) is 0. The molecule has 124 valence electrons. The summed E-state index contributed by atoms with van der Waals surface area (Å²) in [4.78, 5) is 4.57. The van der Waals surface area contributed by atoms with Crippen molar-refractivity contribution in [3.8, 4) is 11.4 Å². The summed E-state index contributed by atoms with van der Waals surface area (Å²) in [5, 5.41) is 11.8. The number of aromatic nitrogens is 4. The Labute approximate surface area is 138 Å². The van der Waals surface area contributed by atoms with Gasteiger partial charge in [0.15, 0.2) is 0 Å². The van der Waals surface area contributed by atoms with Crippen LogP contribution in [0.3, 0.4) is 0 Å². The van der Waals surface area contributed by atoms with E-state index in [0.717, 1.165) is 25.9 Å². The normalized spacial score (nSPS) is 17.1. The van der Waals surface area contributed by atoms with Crippen molar-refractivity contribution in [3.63, 3.8) is 0 Å². The third kappa shape index (κ3) is 2.41. The van der Waals surface area contributed by atoms with Gasteiger partial charge in [-0.2, -0.15) is 10.1 Å². The van der Waals surface area contributed by atoms with Gasteiger partial charge in [0.2, 0.25) is 5.82 Å². The molecule has 3 aromatic rings. The van der Waals surface area contributed by atoms with E-state index in [1.165, 1.54) is 6.07 Å². The molecule has 1 aliphatic rings. The van der Waals surface area contributed by atoms with Crippen LogP contribution in [0.2, 0.25) is 0 Å². The standard InChI is InChI=1S/C17H18FN5O/c1-12-3-4-13(11-14(12)18)15-21-16(24-22-15)17(5-8-19-9-6-17)23-10-2-7-20-23/h2-4,7,10-11,19H,5-6,8-9H2,1H3. The van der Waals surface area contributed by atoms with Gasteiger partial charge in [0.1, 0.15) is 11.4 Å². The number of hydrogen-bond donors (Lipinski definition) is 1. The zero-order valence-electron chi connectivity index (χ0n) is 13.4. The molecule has 1 aromatic carbocycles. The van der Waals surface area contributed by atoms with Gasteiger partial charge in [-0.15, -0.1) is 0 Å². The van der Waals surface area contributed by atoms with Crippen LogP contribution in [0.15, 0.2) is 41.2 Å². The average molecular weight is 327 g/mol. The minimum atomic E-state index is -0.455. The highest BCUT2D eigenvalue weighted by atomic mass is 19.1. The molecular formula is C17H18FN5O. The highest BCUT2D eigenvalue weighted by molar-refractivity contribution is 5.55. The highest BCUT2D eigenvalue weighted by Crippen LogP contribution is 2.34. The summed E-state index contributed by atoms with van der Waals surface area (Å²) in [5.74, 6) is 0.639. The lowest BCUT2D eigenvalue weighted by Gasteiger charge is -2.34. The first kappa shape index (κ1) is 15.0. The fourth-order valence-electron chi connectivity index (χ4n) is 3.17. The Bertz CT molecular complexity index is 837. The van der Waals surface area contributed by atoms with E-state index in [9.17, 15) is 4.39 Å². The maximum Gasteiger partial charge on any atom is 0.255 e. The Balaban J connectivity index is 1.75. The molecule has 1 saturated heterocycles. The van der Waals surface area contributed by atoms with Crippen LogP contribution in [0, 0.1) is 12.7 Å².